The number of hydrogen-bond donors (Lipinski definition) is 0. The van der Waals surface area contributed by atoms with Crippen molar-refractivity contribution in [3.63, 3.8) is 0 Å². The Kier molecular flexibility index (Phi) is 4.48. The first kappa shape index (κ1) is 19.0. The first-order chi connectivity index (χ1) is 12.6. The van der Waals surface area contributed by atoms with E-state index in [1.807, 2.05) is 0 Å². The van der Waals surface area contributed by atoms with Crippen molar-refractivity contribution >= 4 is 10.0 Å². The van der Waals surface area contributed by atoms with Crippen molar-refractivity contribution in [3.05, 3.63) is 17.7 Å². The fourth-order valence-corrected chi connectivity index (χ4v) is 5.99. The van der Waals surface area contributed by atoms with Crippen LogP contribution in [0.25, 0.3) is 0 Å². The summed E-state index contributed by atoms with van der Waals surface area (Å²) in [4.78, 5) is 8.56. The maximum atomic E-state index is 12.7. The fourth-order valence-electron chi connectivity index (χ4n) is 4.22. The molecule has 1 spiro atoms. The number of aryl methyl sites for hydroxylation is 1. The van der Waals surface area contributed by atoms with Gasteiger partial charge in [-0.05, 0) is 26.2 Å². The Morgan fingerprint density at radius 2 is 2.00 bits per heavy atom. The molecule has 3 fully saturated rings. The van der Waals surface area contributed by atoms with Gasteiger partial charge in [0.25, 0.3) is 0 Å². The number of sulfonamides is 1. The first-order valence-electron chi connectivity index (χ1n) is 8.84. The van der Waals surface area contributed by atoms with E-state index in [-0.39, 0.29) is 16.0 Å². The first-order valence-corrected chi connectivity index (χ1v) is 10.3. The zero-order chi connectivity index (χ0) is 19.4. The van der Waals surface area contributed by atoms with Gasteiger partial charge >= 0.3 is 6.18 Å². The molecule has 0 amide bonds. The lowest BCUT2D eigenvalue weighted by atomic mass is 9.61. The van der Waals surface area contributed by atoms with Crippen LogP contribution < -0.4 is 0 Å². The van der Waals surface area contributed by atoms with Gasteiger partial charge in [-0.3, -0.25) is 4.90 Å². The number of ether oxygens (including phenoxy) is 1. The normalized spacial score (nSPS) is 24.6. The van der Waals surface area contributed by atoms with E-state index in [0.29, 0.717) is 25.9 Å². The van der Waals surface area contributed by atoms with Crippen molar-refractivity contribution in [1.29, 1.82) is 0 Å². The lowest BCUT2D eigenvalue weighted by molar-refractivity contribution is -0.145. The maximum Gasteiger partial charge on any atom is 0.451 e. The summed E-state index contributed by atoms with van der Waals surface area (Å²) in [5.41, 5.74) is -0.203. The molecule has 27 heavy (non-hydrogen) atoms. The monoisotopic (exact) mass is 406 g/mol. The van der Waals surface area contributed by atoms with Gasteiger partial charge < -0.3 is 4.74 Å². The Morgan fingerprint density at radius 3 is 2.56 bits per heavy atom. The molecule has 1 aromatic heterocycles. The number of rotatable bonds is 3. The van der Waals surface area contributed by atoms with E-state index in [1.54, 1.807) is 0 Å². The van der Waals surface area contributed by atoms with Crippen molar-refractivity contribution < 1.29 is 26.3 Å². The van der Waals surface area contributed by atoms with E-state index in [9.17, 15) is 21.6 Å². The SMILES string of the molecule is Cc1nc(C(F)(F)F)ncc1S(=O)(=O)N1CC2(CC(N3CCCOC3)C2)C1. The Labute approximate surface area is 155 Å². The van der Waals surface area contributed by atoms with Gasteiger partial charge in [-0.2, -0.15) is 17.5 Å². The summed E-state index contributed by atoms with van der Waals surface area (Å²) in [7, 11) is -3.88. The molecule has 0 radical (unpaired) electrons. The van der Waals surface area contributed by atoms with Crippen LogP contribution in [0.3, 0.4) is 0 Å². The van der Waals surface area contributed by atoms with Crippen LogP contribution in [0.5, 0.6) is 0 Å². The topological polar surface area (TPSA) is 75.6 Å². The Morgan fingerprint density at radius 1 is 1.30 bits per heavy atom. The smallest absolute Gasteiger partial charge is 0.366 e. The number of hydrogen-bond acceptors (Lipinski definition) is 6. The van der Waals surface area contributed by atoms with Crippen LogP contribution in [0.2, 0.25) is 0 Å². The summed E-state index contributed by atoms with van der Waals surface area (Å²) in [5.74, 6) is -1.33. The van der Waals surface area contributed by atoms with Crippen molar-refractivity contribution in [1.82, 2.24) is 19.2 Å². The molecule has 0 unspecified atom stereocenters. The van der Waals surface area contributed by atoms with E-state index in [0.717, 1.165) is 38.6 Å². The van der Waals surface area contributed by atoms with E-state index in [4.69, 9.17) is 4.74 Å². The van der Waals surface area contributed by atoms with Gasteiger partial charge in [0, 0.05) is 37.7 Å². The maximum absolute atomic E-state index is 12.7. The van der Waals surface area contributed by atoms with Crippen LogP contribution >= 0.6 is 0 Å². The highest BCUT2D eigenvalue weighted by molar-refractivity contribution is 7.89. The average molecular weight is 406 g/mol. The molecule has 3 heterocycles. The summed E-state index contributed by atoms with van der Waals surface area (Å²) in [6.45, 7) is 4.46. The third kappa shape index (κ3) is 3.34. The molecule has 0 N–H and O–H groups in total. The summed E-state index contributed by atoms with van der Waals surface area (Å²) in [6.07, 6.45) is -1.08. The van der Waals surface area contributed by atoms with Gasteiger partial charge in [-0.25, -0.2) is 18.4 Å². The van der Waals surface area contributed by atoms with Gasteiger partial charge in [-0.15, -0.1) is 0 Å². The number of alkyl halides is 3. The standard InChI is InChI=1S/C16H21F3N4O3S/c1-11-13(7-20-14(21-11)16(17,18)19)27(24,25)23-8-15(9-23)5-12(6-15)22-3-2-4-26-10-22/h7,12H,2-6,8-10H2,1H3. The van der Waals surface area contributed by atoms with Crippen molar-refractivity contribution in [3.8, 4) is 0 Å². The summed E-state index contributed by atoms with van der Waals surface area (Å²) >= 11 is 0. The van der Waals surface area contributed by atoms with E-state index in [1.165, 1.54) is 11.2 Å². The number of aromatic nitrogens is 2. The largest absolute Gasteiger partial charge is 0.451 e. The molecule has 1 saturated carbocycles. The minimum atomic E-state index is -4.70. The average Bonchev–Trinajstić information content (AvgIpc) is 2.52. The van der Waals surface area contributed by atoms with E-state index in [2.05, 4.69) is 14.9 Å². The minimum absolute atomic E-state index is 0.0180. The van der Waals surface area contributed by atoms with Crippen LogP contribution in [-0.2, 0) is 20.9 Å². The zero-order valence-corrected chi connectivity index (χ0v) is 15.7. The van der Waals surface area contributed by atoms with Crippen LogP contribution in [0.15, 0.2) is 11.1 Å². The van der Waals surface area contributed by atoms with Gasteiger partial charge in [0.1, 0.15) is 4.90 Å². The predicted octanol–water partition coefficient (Wildman–Crippen LogP) is 1.64. The minimum Gasteiger partial charge on any atom is -0.366 e. The predicted molar refractivity (Wildman–Crippen MR) is 88.1 cm³/mol. The highest BCUT2D eigenvalue weighted by Gasteiger charge is 2.57. The highest BCUT2D eigenvalue weighted by Crippen LogP contribution is 2.51. The molecular weight excluding hydrogens is 385 g/mol. The molecule has 0 aromatic carbocycles. The molecule has 11 heteroatoms. The second-order valence-electron chi connectivity index (χ2n) is 7.68. The third-order valence-electron chi connectivity index (χ3n) is 5.67. The number of nitrogens with zero attached hydrogens (tertiary/aromatic N) is 4. The van der Waals surface area contributed by atoms with Crippen molar-refractivity contribution in [2.75, 3.05) is 33.0 Å². The molecule has 4 rings (SSSR count). The molecule has 3 aliphatic rings. The summed E-state index contributed by atoms with van der Waals surface area (Å²) < 4.78 is 70.3. The van der Waals surface area contributed by atoms with Crippen LogP contribution in [0.1, 0.15) is 30.8 Å². The highest BCUT2D eigenvalue weighted by atomic mass is 32.2. The van der Waals surface area contributed by atoms with Gasteiger partial charge in [0.2, 0.25) is 15.8 Å². The molecule has 150 valence electrons. The molecule has 7 nitrogen and oxygen atoms in total. The zero-order valence-electron chi connectivity index (χ0n) is 14.9. The molecule has 0 atom stereocenters. The quantitative estimate of drug-likeness (QED) is 0.760. The lowest BCUT2D eigenvalue weighted by Gasteiger charge is -2.60. The molecule has 1 aliphatic carbocycles. The Hall–Kier alpha value is -1.30. The summed E-state index contributed by atoms with van der Waals surface area (Å²) in [6, 6.07) is 0.422. The molecule has 0 bridgehead atoms. The fraction of sp³-hybridized carbons (Fsp3) is 0.750. The van der Waals surface area contributed by atoms with Gasteiger partial charge in [0.15, 0.2) is 0 Å². The van der Waals surface area contributed by atoms with Crippen molar-refractivity contribution in [2.45, 2.75) is 43.3 Å². The number of halogens is 3. The van der Waals surface area contributed by atoms with Gasteiger partial charge in [0.05, 0.1) is 18.6 Å². The molecule has 2 saturated heterocycles. The lowest BCUT2D eigenvalue weighted by Crippen LogP contribution is -2.67. The van der Waals surface area contributed by atoms with Crippen LogP contribution in [0.4, 0.5) is 13.2 Å². The Bertz CT molecular complexity index is 826. The van der Waals surface area contributed by atoms with E-state index >= 15 is 0 Å². The molecule has 2 aliphatic heterocycles. The third-order valence-corrected chi connectivity index (χ3v) is 7.57. The van der Waals surface area contributed by atoms with Crippen LogP contribution in [0, 0.1) is 12.3 Å². The second-order valence-corrected chi connectivity index (χ2v) is 9.59. The second kappa shape index (κ2) is 6.36. The van der Waals surface area contributed by atoms with Crippen LogP contribution in [-0.4, -0.2) is 66.6 Å². The van der Waals surface area contributed by atoms with Gasteiger partial charge in [-0.1, -0.05) is 0 Å². The Balaban J connectivity index is 1.40. The van der Waals surface area contributed by atoms with Crippen molar-refractivity contribution in [2.24, 2.45) is 5.41 Å². The van der Waals surface area contributed by atoms with E-state index < -0.39 is 22.0 Å². The molecular formula is C16H21F3N4O3S. The molecule has 1 aromatic rings. The summed E-state index contributed by atoms with van der Waals surface area (Å²) in [5, 5.41) is 0.